The van der Waals surface area contributed by atoms with E-state index in [0.717, 1.165) is 24.4 Å². The van der Waals surface area contributed by atoms with Crippen LogP contribution in [0.3, 0.4) is 0 Å². The lowest BCUT2D eigenvalue weighted by molar-refractivity contribution is -0.124. The van der Waals surface area contributed by atoms with E-state index in [4.69, 9.17) is 4.74 Å². The SMILES string of the molecule is C[C@@H](Oc1ccccc1)C(=O)N1CCc2ccccc21. The maximum atomic E-state index is 12.5. The van der Waals surface area contributed by atoms with Gasteiger partial charge in [0.1, 0.15) is 5.75 Å². The molecule has 0 saturated heterocycles. The summed E-state index contributed by atoms with van der Waals surface area (Å²) in [5.41, 5.74) is 2.24. The van der Waals surface area contributed by atoms with Crippen LogP contribution >= 0.6 is 0 Å². The average molecular weight is 267 g/mol. The Labute approximate surface area is 118 Å². The number of ether oxygens (including phenoxy) is 1. The van der Waals surface area contributed by atoms with E-state index in [9.17, 15) is 4.79 Å². The first-order valence-corrected chi connectivity index (χ1v) is 6.87. The number of carbonyl (C=O) groups is 1. The van der Waals surface area contributed by atoms with E-state index in [2.05, 4.69) is 6.07 Å². The molecule has 0 bridgehead atoms. The van der Waals surface area contributed by atoms with Crippen molar-refractivity contribution in [2.24, 2.45) is 0 Å². The summed E-state index contributed by atoms with van der Waals surface area (Å²) in [4.78, 5) is 14.3. The zero-order valence-corrected chi connectivity index (χ0v) is 11.5. The largest absolute Gasteiger partial charge is 0.481 e. The molecule has 1 aliphatic rings. The Hall–Kier alpha value is -2.29. The average Bonchev–Trinajstić information content (AvgIpc) is 2.91. The quantitative estimate of drug-likeness (QED) is 0.855. The number of hydrogen-bond acceptors (Lipinski definition) is 2. The van der Waals surface area contributed by atoms with Crippen molar-refractivity contribution in [2.45, 2.75) is 19.4 Å². The first-order chi connectivity index (χ1) is 9.75. The molecule has 1 heterocycles. The summed E-state index contributed by atoms with van der Waals surface area (Å²) < 4.78 is 5.71. The van der Waals surface area contributed by atoms with Gasteiger partial charge in [0.25, 0.3) is 5.91 Å². The number of hydrogen-bond donors (Lipinski definition) is 0. The molecule has 1 amide bonds. The maximum Gasteiger partial charge on any atom is 0.267 e. The fourth-order valence-electron chi connectivity index (χ4n) is 2.54. The molecular weight excluding hydrogens is 250 g/mol. The predicted octanol–water partition coefficient (Wildman–Crippen LogP) is 3.04. The molecule has 3 rings (SSSR count). The standard InChI is InChI=1S/C17H17NO2/c1-13(20-15-8-3-2-4-9-15)17(19)18-12-11-14-7-5-6-10-16(14)18/h2-10,13H,11-12H2,1H3/t13-/m1/s1. The number of para-hydroxylation sites is 2. The third-order valence-electron chi connectivity index (χ3n) is 3.56. The zero-order chi connectivity index (χ0) is 13.9. The Kier molecular flexibility index (Phi) is 3.42. The minimum Gasteiger partial charge on any atom is -0.481 e. The Morgan fingerprint density at radius 3 is 2.60 bits per heavy atom. The molecule has 1 atom stereocenters. The molecule has 0 unspecified atom stereocenters. The van der Waals surface area contributed by atoms with Crippen LogP contribution in [0.25, 0.3) is 0 Å². The fraction of sp³-hybridized carbons (Fsp3) is 0.235. The van der Waals surface area contributed by atoms with Gasteiger partial charge >= 0.3 is 0 Å². The molecule has 2 aromatic rings. The summed E-state index contributed by atoms with van der Waals surface area (Å²) in [5, 5.41) is 0. The van der Waals surface area contributed by atoms with Gasteiger partial charge in [-0.15, -0.1) is 0 Å². The molecule has 0 aliphatic carbocycles. The van der Waals surface area contributed by atoms with Crippen molar-refractivity contribution in [3.05, 3.63) is 60.2 Å². The van der Waals surface area contributed by atoms with Crippen LogP contribution in [0.2, 0.25) is 0 Å². The Morgan fingerprint density at radius 2 is 1.80 bits per heavy atom. The van der Waals surface area contributed by atoms with Crippen molar-refractivity contribution < 1.29 is 9.53 Å². The van der Waals surface area contributed by atoms with Crippen LogP contribution in [-0.4, -0.2) is 18.6 Å². The van der Waals surface area contributed by atoms with Gasteiger partial charge in [-0.25, -0.2) is 0 Å². The van der Waals surface area contributed by atoms with Crippen LogP contribution < -0.4 is 9.64 Å². The number of rotatable bonds is 3. The molecule has 2 aromatic carbocycles. The Balaban J connectivity index is 1.74. The molecule has 0 aromatic heterocycles. The van der Waals surface area contributed by atoms with Crippen LogP contribution in [-0.2, 0) is 11.2 Å². The van der Waals surface area contributed by atoms with Gasteiger partial charge in [0.2, 0.25) is 0 Å². The van der Waals surface area contributed by atoms with Crippen molar-refractivity contribution in [2.75, 3.05) is 11.4 Å². The monoisotopic (exact) mass is 267 g/mol. The number of benzene rings is 2. The number of amides is 1. The number of fused-ring (bicyclic) bond motifs is 1. The van der Waals surface area contributed by atoms with Crippen LogP contribution in [0.5, 0.6) is 5.75 Å². The highest BCUT2D eigenvalue weighted by atomic mass is 16.5. The van der Waals surface area contributed by atoms with Crippen molar-refractivity contribution in [3.8, 4) is 5.75 Å². The Bertz CT molecular complexity index is 609. The second-order valence-electron chi connectivity index (χ2n) is 4.94. The second-order valence-corrected chi connectivity index (χ2v) is 4.94. The van der Waals surface area contributed by atoms with Gasteiger partial charge in [-0.1, -0.05) is 36.4 Å². The van der Waals surface area contributed by atoms with Crippen molar-refractivity contribution in [1.82, 2.24) is 0 Å². The lowest BCUT2D eigenvalue weighted by Crippen LogP contribution is -2.39. The molecule has 0 saturated carbocycles. The van der Waals surface area contributed by atoms with Crippen LogP contribution in [0.4, 0.5) is 5.69 Å². The normalized spacial score (nSPS) is 14.8. The molecule has 3 nitrogen and oxygen atoms in total. The molecule has 3 heteroatoms. The lowest BCUT2D eigenvalue weighted by atomic mass is 10.2. The van der Waals surface area contributed by atoms with Gasteiger partial charge in [0.15, 0.2) is 6.10 Å². The van der Waals surface area contributed by atoms with Crippen LogP contribution in [0, 0.1) is 0 Å². The third kappa shape index (κ3) is 2.39. The lowest BCUT2D eigenvalue weighted by Gasteiger charge is -2.22. The highest BCUT2D eigenvalue weighted by Crippen LogP contribution is 2.28. The van der Waals surface area contributed by atoms with Gasteiger partial charge in [-0.3, -0.25) is 4.79 Å². The number of anilines is 1. The summed E-state index contributed by atoms with van der Waals surface area (Å²) in [6.45, 7) is 2.54. The summed E-state index contributed by atoms with van der Waals surface area (Å²) in [7, 11) is 0. The van der Waals surface area contributed by atoms with E-state index in [-0.39, 0.29) is 5.91 Å². The first-order valence-electron chi connectivity index (χ1n) is 6.87. The van der Waals surface area contributed by atoms with E-state index in [1.54, 1.807) is 6.92 Å². The fourth-order valence-corrected chi connectivity index (χ4v) is 2.54. The summed E-state index contributed by atoms with van der Waals surface area (Å²) in [6.07, 6.45) is 0.434. The molecule has 20 heavy (non-hydrogen) atoms. The summed E-state index contributed by atoms with van der Waals surface area (Å²) in [6, 6.07) is 17.5. The molecule has 0 N–H and O–H groups in total. The van der Waals surface area contributed by atoms with Crippen molar-refractivity contribution in [3.63, 3.8) is 0 Å². The predicted molar refractivity (Wildman–Crippen MR) is 79.0 cm³/mol. The van der Waals surface area contributed by atoms with E-state index in [1.807, 2.05) is 53.4 Å². The van der Waals surface area contributed by atoms with Crippen LogP contribution in [0.15, 0.2) is 54.6 Å². The van der Waals surface area contributed by atoms with E-state index < -0.39 is 6.10 Å². The molecule has 0 radical (unpaired) electrons. The molecular formula is C17H17NO2. The second kappa shape index (κ2) is 5.37. The number of nitrogens with zero attached hydrogens (tertiary/aromatic N) is 1. The molecule has 0 spiro atoms. The molecule has 102 valence electrons. The molecule has 0 fully saturated rings. The van der Waals surface area contributed by atoms with Gasteiger partial charge in [-0.05, 0) is 37.1 Å². The highest BCUT2D eigenvalue weighted by Gasteiger charge is 2.28. The molecule has 1 aliphatic heterocycles. The van der Waals surface area contributed by atoms with E-state index in [1.165, 1.54) is 5.56 Å². The van der Waals surface area contributed by atoms with Crippen molar-refractivity contribution >= 4 is 11.6 Å². The topological polar surface area (TPSA) is 29.5 Å². The van der Waals surface area contributed by atoms with Gasteiger partial charge < -0.3 is 9.64 Å². The third-order valence-corrected chi connectivity index (χ3v) is 3.56. The summed E-state index contributed by atoms with van der Waals surface area (Å²) >= 11 is 0. The summed E-state index contributed by atoms with van der Waals surface area (Å²) in [5.74, 6) is 0.736. The van der Waals surface area contributed by atoms with Gasteiger partial charge in [0.05, 0.1) is 0 Å². The zero-order valence-electron chi connectivity index (χ0n) is 11.5. The maximum absolute atomic E-state index is 12.5. The minimum atomic E-state index is -0.483. The van der Waals surface area contributed by atoms with Crippen LogP contribution in [0.1, 0.15) is 12.5 Å². The van der Waals surface area contributed by atoms with E-state index in [0.29, 0.717) is 0 Å². The number of carbonyl (C=O) groups excluding carboxylic acids is 1. The minimum absolute atomic E-state index is 0.0128. The van der Waals surface area contributed by atoms with E-state index >= 15 is 0 Å². The first kappa shape index (κ1) is 12.7. The Morgan fingerprint density at radius 1 is 1.10 bits per heavy atom. The van der Waals surface area contributed by atoms with Gasteiger partial charge in [-0.2, -0.15) is 0 Å². The van der Waals surface area contributed by atoms with Gasteiger partial charge in [0, 0.05) is 12.2 Å². The highest BCUT2D eigenvalue weighted by molar-refractivity contribution is 5.98. The van der Waals surface area contributed by atoms with Crippen molar-refractivity contribution in [1.29, 1.82) is 0 Å². The smallest absolute Gasteiger partial charge is 0.267 e.